The van der Waals surface area contributed by atoms with E-state index in [1.165, 1.54) is 16.1 Å². The smallest absolute Gasteiger partial charge is 0.0624 e. The first kappa shape index (κ1) is 13.3. The first-order valence-corrected chi connectivity index (χ1v) is 7.38. The Bertz CT molecular complexity index is 513. The summed E-state index contributed by atoms with van der Waals surface area (Å²) in [4.78, 5) is 1.29. The SMILES string of the molecule is CCc1cc(CC(N)c2sccc2C)n(CC)n1. The summed E-state index contributed by atoms with van der Waals surface area (Å²) in [7, 11) is 0. The van der Waals surface area contributed by atoms with Crippen molar-refractivity contribution in [1.29, 1.82) is 0 Å². The van der Waals surface area contributed by atoms with Crippen LogP contribution in [-0.2, 0) is 19.4 Å². The molecule has 98 valence electrons. The molecule has 0 bridgehead atoms. The number of nitrogens with two attached hydrogens (primary N) is 1. The lowest BCUT2D eigenvalue weighted by molar-refractivity contribution is 0.587. The van der Waals surface area contributed by atoms with E-state index in [0.29, 0.717) is 0 Å². The standard InChI is InChI=1S/C14H21N3S/c1-4-11-8-12(17(5-2)16-11)9-13(15)14-10(3)6-7-18-14/h6-8,13H,4-5,9,15H2,1-3H3. The van der Waals surface area contributed by atoms with Crippen LogP contribution in [0.15, 0.2) is 17.5 Å². The Hall–Kier alpha value is -1.13. The molecule has 0 fully saturated rings. The van der Waals surface area contributed by atoms with E-state index in [-0.39, 0.29) is 6.04 Å². The highest BCUT2D eigenvalue weighted by atomic mass is 32.1. The summed E-state index contributed by atoms with van der Waals surface area (Å²) in [6.45, 7) is 7.29. The van der Waals surface area contributed by atoms with Crippen molar-refractivity contribution in [3.05, 3.63) is 39.3 Å². The van der Waals surface area contributed by atoms with E-state index in [1.54, 1.807) is 11.3 Å². The largest absolute Gasteiger partial charge is 0.323 e. The van der Waals surface area contributed by atoms with Gasteiger partial charge in [0.15, 0.2) is 0 Å². The van der Waals surface area contributed by atoms with Gasteiger partial charge in [-0.25, -0.2) is 0 Å². The highest BCUT2D eigenvalue weighted by Crippen LogP contribution is 2.25. The van der Waals surface area contributed by atoms with Gasteiger partial charge >= 0.3 is 0 Å². The summed E-state index contributed by atoms with van der Waals surface area (Å²) in [6.07, 6.45) is 1.84. The maximum Gasteiger partial charge on any atom is 0.0624 e. The number of aromatic nitrogens is 2. The Morgan fingerprint density at radius 3 is 2.78 bits per heavy atom. The van der Waals surface area contributed by atoms with E-state index in [9.17, 15) is 0 Å². The van der Waals surface area contributed by atoms with Gasteiger partial charge in [-0.05, 0) is 43.3 Å². The van der Waals surface area contributed by atoms with Crippen LogP contribution in [-0.4, -0.2) is 9.78 Å². The number of aryl methyl sites for hydroxylation is 3. The van der Waals surface area contributed by atoms with Crippen molar-refractivity contribution in [3.63, 3.8) is 0 Å². The van der Waals surface area contributed by atoms with Crippen molar-refractivity contribution in [2.24, 2.45) is 5.73 Å². The minimum Gasteiger partial charge on any atom is -0.323 e. The molecule has 0 radical (unpaired) electrons. The predicted molar refractivity (Wildman–Crippen MR) is 77.0 cm³/mol. The molecule has 1 unspecified atom stereocenters. The van der Waals surface area contributed by atoms with Gasteiger partial charge in [0, 0.05) is 29.6 Å². The molecular weight excluding hydrogens is 242 g/mol. The van der Waals surface area contributed by atoms with Crippen molar-refractivity contribution in [2.75, 3.05) is 0 Å². The second kappa shape index (κ2) is 5.67. The molecule has 0 aliphatic carbocycles. The van der Waals surface area contributed by atoms with Crippen LogP contribution in [0.4, 0.5) is 0 Å². The van der Waals surface area contributed by atoms with Gasteiger partial charge in [0.25, 0.3) is 0 Å². The highest BCUT2D eigenvalue weighted by molar-refractivity contribution is 7.10. The summed E-state index contributed by atoms with van der Waals surface area (Å²) < 4.78 is 2.07. The van der Waals surface area contributed by atoms with E-state index in [4.69, 9.17) is 5.73 Å². The first-order valence-electron chi connectivity index (χ1n) is 6.50. The average molecular weight is 263 g/mol. The van der Waals surface area contributed by atoms with Gasteiger partial charge in [-0.3, -0.25) is 4.68 Å². The second-order valence-corrected chi connectivity index (χ2v) is 5.52. The quantitative estimate of drug-likeness (QED) is 0.901. The van der Waals surface area contributed by atoms with Crippen molar-refractivity contribution in [1.82, 2.24) is 9.78 Å². The van der Waals surface area contributed by atoms with Crippen LogP contribution in [0.3, 0.4) is 0 Å². The van der Waals surface area contributed by atoms with Gasteiger partial charge < -0.3 is 5.73 Å². The zero-order valence-electron chi connectivity index (χ0n) is 11.3. The van der Waals surface area contributed by atoms with Crippen LogP contribution in [0.1, 0.15) is 41.7 Å². The summed E-state index contributed by atoms with van der Waals surface area (Å²) in [5.74, 6) is 0. The lowest BCUT2D eigenvalue weighted by Crippen LogP contribution is -2.15. The van der Waals surface area contributed by atoms with E-state index in [2.05, 4.69) is 48.1 Å². The van der Waals surface area contributed by atoms with Crippen LogP contribution >= 0.6 is 11.3 Å². The molecule has 0 saturated carbocycles. The van der Waals surface area contributed by atoms with Crippen LogP contribution in [0.2, 0.25) is 0 Å². The summed E-state index contributed by atoms with van der Waals surface area (Å²) in [5, 5.41) is 6.68. The third-order valence-corrected chi connectivity index (χ3v) is 4.39. The van der Waals surface area contributed by atoms with Crippen LogP contribution < -0.4 is 5.73 Å². The Balaban J connectivity index is 2.18. The Morgan fingerprint density at radius 2 is 2.22 bits per heavy atom. The summed E-state index contributed by atoms with van der Waals surface area (Å²) in [6, 6.07) is 4.40. The second-order valence-electron chi connectivity index (χ2n) is 4.57. The fourth-order valence-electron chi connectivity index (χ4n) is 2.21. The molecular formula is C14H21N3S. The third-order valence-electron chi connectivity index (χ3n) is 3.24. The number of nitrogens with zero attached hydrogens (tertiary/aromatic N) is 2. The fourth-order valence-corrected chi connectivity index (χ4v) is 3.14. The minimum absolute atomic E-state index is 0.0803. The van der Waals surface area contributed by atoms with Crippen molar-refractivity contribution in [2.45, 2.75) is 46.2 Å². The summed E-state index contributed by atoms with van der Waals surface area (Å²) >= 11 is 1.75. The summed E-state index contributed by atoms with van der Waals surface area (Å²) in [5.41, 5.74) is 10.0. The first-order chi connectivity index (χ1) is 8.65. The molecule has 4 heteroatoms. The maximum atomic E-state index is 6.32. The normalized spacial score (nSPS) is 12.9. The van der Waals surface area contributed by atoms with Gasteiger partial charge in [-0.1, -0.05) is 6.92 Å². The van der Waals surface area contributed by atoms with Gasteiger partial charge in [-0.15, -0.1) is 11.3 Å². The zero-order chi connectivity index (χ0) is 13.1. The van der Waals surface area contributed by atoms with Gasteiger partial charge in [0.1, 0.15) is 0 Å². The molecule has 2 rings (SSSR count). The monoisotopic (exact) mass is 263 g/mol. The van der Waals surface area contributed by atoms with Gasteiger partial charge in [0.05, 0.1) is 5.69 Å². The molecule has 1 atom stereocenters. The molecule has 2 aromatic heterocycles. The van der Waals surface area contributed by atoms with E-state index in [0.717, 1.165) is 25.1 Å². The molecule has 0 aliphatic heterocycles. The molecule has 0 saturated heterocycles. The lowest BCUT2D eigenvalue weighted by atomic mass is 10.1. The number of hydrogen-bond donors (Lipinski definition) is 1. The van der Waals surface area contributed by atoms with Crippen molar-refractivity contribution >= 4 is 11.3 Å². The van der Waals surface area contributed by atoms with Gasteiger partial charge in [0.2, 0.25) is 0 Å². The zero-order valence-corrected chi connectivity index (χ0v) is 12.1. The Morgan fingerprint density at radius 1 is 1.44 bits per heavy atom. The minimum atomic E-state index is 0.0803. The Labute approximate surface area is 113 Å². The van der Waals surface area contributed by atoms with Gasteiger partial charge in [-0.2, -0.15) is 5.10 Å². The van der Waals surface area contributed by atoms with Crippen molar-refractivity contribution in [3.8, 4) is 0 Å². The molecule has 0 aromatic carbocycles. The van der Waals surface area contributed by atoms with E-state index < -0.39 is 0 Å². The van der Waals surface area contributed by atoms with Crippen LogP contribution in [0.25, 0.3) is 0 Å². The van der Waals surface area contributed by atoms with Crippen LogP contribution in [0, 0.1) is 6.92 Å². The molecule has 2 N–H and O–H groups in total. The lowest BCUT2D eigenvalue weighted by Gasteiger charge is -2.12. The van der Waals surface area contributed by atoms with E-state index in [1.807, 2.05) is 0 Å². The molecule has 0 amide bonds. The number of hydrogen-bond acceptors (Lipinski definition) is 3. The number of rotatable bonds is 5. The molecule has 3 nitrogen and oxygen atoms in total. The Kier molecular flexibility index (Phi) is 4.19. The van der Waals surface area contributed by atoms with Crippen molar-refractivity contribution < 1.29 is 0 Å². The fraction of sp³-hybridized carbons (Fsp3) is 0.500. The molecule has 0 aliphatic rings. The topological polar surface area (TPSA) is 43.8 Å². The molecule has 18 heavy (non-hydrogen) atoms. The molecule has 2 heterocycles. The molecule has 2 aromatic rings. The average Bonchev–Trinajstić information content (AvgIpc) is 2.95. The number of thiophene rings is 1. The predicted octanol–water partition coefficient (Wildman–Crippen LogP) is 3.08. The third kappa shape index (κ3) is 2.65. The van der Waals surface area contributed by atoms with E-state index >= 15 is 0 Å². The highest BCUT2D eigenvalue weighted by Gasteiger charge is 2.14. The molecule has 0 spiro atoms. The van der Waals surface area contributed by atoms with Crippen LogP contribution in [0.5, 0.6) is 0 Å². The maximum absolute atomic E-state index is 6.32.